The van der Waals surface area contributed by atoms with Crippen molar-refractivity contribution < 1.29 is 21.6 Å². The molecule has 4 rings (SSSR count). The van der Waals surface area contributed by atoms with Crippen molar-refractivity contribution >= 4 is 10.0 Å². The Balaban J connectivity index is 1.40. The molecule has 0 bridgehead atoms. The van der Waals surface area contributed by atoms with Crippen LogP contribution in [0, 0.1) is 5.82 Å². The molecule has 0 radical (unpaired) electrons. The van der Waals surface area contributed by atoms with Crippen molar-refractivity contribution in [2.75, 3.05) is 13.1 Å². The van der Waals surface area contributed by atoms with Gasteiger partial charge in [0.25, 0.3) is 5.89 Å². The van der Waals surface area contributed by atoms with Gasteiger partial charge in [-0.15, -0.1) is 10.2 Å². The molecule has 142 valence electrons. The number of sulfonamides is 1. The second-order valence-corrected chi connectivity index (χ2v) is 8.49. The summed E-state index contributed by atoms with van der Waals surface area (Å²) >= 11 is 0. The molecule has 1 fully saturated rings. The van der Waals surface area contributed by atoms with Crippen molar-refractivity contribution in [2.24, 2.45) is 0 Å². The maximum Gasteiger partial charge on any atom is 0.250 e. The molecule has 7 nitrogen and oxygen atoms in total. The summed E-state index contributed by atoms with van der Waals surface area (Å²) in [7, 11) is -3.50. The predicted molar refractivity (Wildman–Crippen MR) is 94.6 cm³/mol. The summed E-state index contributed by atoms with van der Waals surface area (Å²) in [5.41, 5.74) is 1.16. The summed E-state index contributed by atoms with van der Waals surface area (Å²) in [6, 6.07) is 7.41. The van der Waals surface area contributed by atoms with E-state index in [0.29, 0.717) is 48.8 Å². The van der Waals surface area contributed by atoms with E-state index in [0.717, 1.165) is 0 Å². The lowest BCUT2D eigenvalue weighted by Crippen LogP contribution is -2.38. The fourth-order valence-electron chi connectivity index (χ4n) is 3.21. The molecule has 3 heterocycles. The van der Waals surface area contributed by atoms with Gasteiger partial charge in [0.05, 0.1) is 17.6 Å². The highest BCUT2D eigenvalue weighted by atomic mass is 32.2. The first-order valence-electron chi connectivity index (χ1n) is 8.59. The van der Waals surface area contributed by atoms with E-state index < -0.39 is 15.8 Å². The van der Waals surface area contributed by atoms with E-state index in [4.69, 9.17) is 8.83 Å². The molecular formula is C18H18FN3O4S. The maximum atomic E-state index is 13.3. The van der Waals surface area contributed by atoms with Crippen molar-refractivity contribution in [2.45, 2.75) is 24.5 Å². The fourth-order valence-corrected chi connectivity index (χ4v) is 4.76. The van der Waals surface area contributed by atoms with Gasteiger partial charge in [-0.25, -0.2) is 17.1 Å². The molecule has 0 unspecified atom stereocenters. The smallest absolute Gasteiger partial charge is 0.250 e. The molecule has 3 aromatic rings. The van der Waals surface area contributed by atoms with Crippen LogP contribution in [-0.4, -0.2) is 36.0 Å². The van der Waals surface area contributed by atoms with Gasteiger partial charge in [-0.05, 0) is 36.6 Å². The zero-order valence-corrected chi connectivity index (χ0v) is 15.2. The summed E-state index contributed by atoms with van der Waals surface area (Å²) in [4.78, 5) is 0. The van der Waals surface area contributed by atoms with E-state index in [2.05, 4.69) is 10.2 Å². The lowest BCUT2D eigenvalue weighted by Gasteiger charge is -2.29. The molecule has 0 amide bonds. The number of nitrogens with zero attached hydrogens (tertiary/aromatic N) is 3. The number of hydrogen-bond acceptors (Lipinski definition) is 6. The van der Waals surface area contributed by atoms with Crippen LogP contribution in [0.4, 0.5) is 4.39 Å². The van der Waals surface area contributed by atoms with E-state index in [1.54, 1.807) is 12.1 Å². The normalized spacial score (nSPS) is 16.6. The van der Waals surface area contributed by atoms with Crippen LogP contribution < -0.4 is 0 Å². The first kappa shape index (κ1) is 17.9. The third kappa shape index (κ3) is 3.93. The molecule has 27 heavy (non-hydrogen) atoms. The minimum atomic E-state index is -3.50. The molecule has 1 aromatic carbocycles. The first-order chi connectivity index (χ1) is 13.0. The molecule has 1 saturated heterocycles. The van der Waals surface area contributed by atoms with E-state index in [9.17, 15) is 12.8 Å². The first-order valence-corrected chi connectivity index (χ1v) is 10.2. The zero-order chi connectivity index (χ0) is 18.9. The van der Waals surface area contributed by atoms with Crippen molar-refractivity contribution in [3.8, 4) is 11.5 Å². The molecule has 1 aliphatic rings. The Morgan fingerprint density at radius 2 is 2.00 bits per heavy atom. The summed E-state index contributed by atoms with van der Waals surface area (Å²) in [6.07, 6.45) is 4.24. The van der Waals surface area contributed by atoms with E-state index >= 15 is 0 Å². The Hall–Kier alpha value is -2.52. The van der Waals surface area contributed by atoms with Gasteiger partial charge < -0.3 is 8.83 Å². The molecule has 9 heteroatoms. The summed E-state index contributed by atoms with van der Waals surface area (Å²) in [5.74, 6) is 0.263. The van der Waals surface area contributed by atoms with Gasteiger partial charge in [0.1, 0.15) is 12.1 Å². The predicted octanol–water partition coefficient (Wildman–Crippen LogP) is 3.18. The van der Waals surface area contributed by atoms with Crippen LogP contribution in [0.5, 0.6) is 0 Å². The molecule has 2 aromatic heterocycles. The SMILES string of the molecule is O=S(=O)(Cc1cccc(F)c1)N1CCC(c2nnc(-c3ccoc3)o2)CC1. The Labute approximate surface area is 155 Å². The van der Waals surface area contributed by atoms with Crippen LogP contribution in [0.2, 0.25) is 0 Å². The van der Waals surface area contributed by atoms with Crippen LogP contribution in [0.15, 0.2) is 51.7 Å². The van der Waals surface area contributed by atoms with Crippen molar-refractivity contribution in [1.82, 2.24) is 14.5 Å². The molecular weight excluding hydrogens is 373 g/mol. The lowest BCUT2D eigenvalue weighted by molar-refractivity contribution is 0.291. The van der Waals surface area contributed by atoms with E-state index in [1.807, 2.05) is 0 Å². The average molecular weight is 391 g/mol. The number of benzene rings is 1. The quantitative estimate of drug-likeness (QED) is 0.664. The van der Waals surface area contributed by atoms with E-state index in [1.165, 1.54) is 35.0 Å². The second-order valence-electron chi connectivity index (χ2n) is 6.52. The molecule has 0 atom stereocenters. The molecule has 0 saturated carbocycles. The summed E-state index contributed by atoms with van der Waals surface area (Å²) in [5, 5.41) is 8.11. The number of rotatable bonds is 5. The fraction of sp³-hybridized carbons (Fsp3) is 0.333. The van der Waals surface area contributed by atoms with Gasteiger partial charge in [0.2, 0.25) is 15.9 Å². The number of furan rings is 1. The number of aromatic nitrogens is 2. The number of halogens is 1. The monoisotopic (exact) mass is 391 g/mol. The Morgan fingerprint density at radius 3 is 2.70 bits per heavy atom. The van der Waals surface area contributed by atoms with Gasteiger partial charge >= 0.3 is 0 Å². The highest BCUT2D eigenvalue weighted by Gasteiger charge is 2.31. The van der Waals surface area contributed by atoms with E-state index in [-0.39, 0.29) is 11.7 Å². The highest BCUT2D eigenvalue weighted by Crippen LogP contribution is 2.30. The van der Waals surface area contributed by atoms with Crippen LogP contribution in [0.25, 0.3) is 11.5 Å². The Kier molecular flexibility index (Phi) is 4.79. The lowest BCUT2D eigenvalue weighted by atomic mass is 9.98. The van der Waals surface area contributed by atoms with Gasteiger partial charge in [-0.3, -0.25) is 0 Å². The van der Waals surface area contributed by atoms with Gasteiger partial charge in [-0.2, -0.15) is 0 Å². The highest BCUT2D eigenvalue weighted by molar-refractivity contribution is 7.88. The van der Waals surface area contributed by atoms with Gasteiger partial charge in [-0.1, -0.05) is 12.1 Å². The maximum absolute atomic E-state index is 13.3. The van der Waals surface area contributed by atoms with Crippen LogP contribution in [-0.2, 0) is 15.8 Å². The number of piperidine rings is 1. The van der Waals surface area contributed by atoms with Gasteiger partial charge in [0, 0.05) is 19.0 Å². The third-order valence-electron chi connectivity index (χ3n) is 4.64. The van der Waals surface area contributed by atoms with Crippen LogP contribution in [0.3, 0.4) is 0 Å². The van der Waals surface area contributed by atoms with Gasteiger partial charge in [0.15, 0.2) is 0 Å². The molecule has 0 N–H and O–H groups in total. The topological polar surface area (TPSA) is 89.4 Å². The number of hydrogen-bond donors (Lipinski definition) is 0. The minimum absolute atomic E-state index is 0.0128. The largest absolute Gasteiger partial charge is 0.472 e. The zero-order valence-electron chi connectivity index (χ0n) is 14.4. The van der Waals surface area contributed by atoms with Crippen molar-refractivity contribution in [1.29, 1.82) is 0 Å². The summed E-state index contributed by atoms with van der Waals surface area (Å²) in [6.45, 7) is 0.734. The Bertz CT molecular complexity index is 1010. The molecule has 0 spiro atoms. The minimum Gasteiger partial charge on any atom is -0.472 e. The average Bonchev–Trinajstić information content (AvgIpc) is 3.33. The molecule has 1 aliphatic heterocycles. The summed E-state index contributed by atoms with van der Waals surface area (Å²) < 4.78 is 50.7. The van der Waals surface area contributed by atoms with Crippen molar-refractivity contribution in [3.05, 3.63) is 60.1 Å². The van der Waals surface area contributed by atoms with Crippen molar-refractivity contribution in [3.63, 3.8) is 0 Å². The Morgan fingerprint density at radius 1 is 1.19 bits per heavy atom. The standard InChI is InChI=1S/C18H18FN3O4S/c19-16-3-1-2-13(10-16)12-27(23,24)22-7-4-14(5-8-22)17-20-21-18(26-17)15-6-9-25-11-15/h1-3,6,9-11,14H,4-5,7-8,12H2. The molecule has 0 aliphatic carbocycles. The van der Waals surface area contributed by atoms with Crippen LogP contribution in [0.1, 0.15) is 30.2 Å². The third-order valence-corrected chi connectivity index (χ3v) is 6.49. The second kappa shape index (κ2) is 7.24. The van der Waals surface area contributed by atoms with Crippen LogP contribution >= 0.6 is 0 Å².